The third kappa shape index (κ3) is 4.40. The van der Waals surface area contributed by atoms with Gasteiger partial charge in [0.25, 0.3) is 0 Å². The molecule has 1 unspecified atom stereocenters. The number of phenols is 1. The number of aromatic hydroxyl groups is 1. The van der Waals surface area contributed by atoms with Crippen LogP contribution >= 0.6 is 0 Å². The summed E-state index contributed by atoms with van der Waals surface area (Å²) in [6.45, 7) is 2.67. The molecule has 0 bridgehead atoms. The lowest BCUT2D eigenvalue weighted by Crippen LogP contribution is -2.37. The zero-order chi connectivity index (χ0) is 19.9. The highest BCUT2D eigenvalue weighted by Crippen LogP contribution is 2.18. The van der Waals surface area contributed by atoms with Crippen LogP contribution in [0.4, 0.5) is 0 Å². The fourth-order valence-corrected chi connectivity index (χ4v) is 3.00. The largest absolute Gasteiger partial charge is 0.508 e. The number of hydrogen-bond donors (Lipinski definition) is 1. The number of para-hydroxylation sites is 1. The van der Waals surface area contributed by atoms with Gasteiger partial charge in [0.2, 0.25) is 5.91 Å². The standard InChI is InChI=1S/C20H21N5O3/c1-2-24(12-16-5-3-4-6-19(16)25-14-21-22-23-25)20(28)17(13-26)11-15-7-9-18(27)10-8-15/h3-10,13-14,17,27H,2,11-12H2,1H3. The van der Waals surface area contributed by atoms with Crippen LogP contribution in [-0.4, -0.2) is 49.0 Å². The minimum absolute atomic E-state index is 0.145. The number of carbonyl (C=O) groups is 2. The molecule has 0 spiro atoms. The average Bonchev–Trinajstić information content (AvgIpc) is 3.26. The molecule has 28 heavy (non-hydrogen) atoms. The molecular weight excluding hydrogens is 358 g/mol. The summed E-state index contributed by atoms with van der Waals surface area (Å²) in [5.41, 5.74) is 2.47. The van der Waals surface area contributed by atoms with Crippen molar-refractivity contribution < 1.29 is 14.7 Å². The highest BCUT2D eigenvalue weighted by molar-refractivity contribution is 5.92. The summed E-state index contributed by atoms with van der Waals surface area (Å²) in [7, 11) is 0. The molecule has 3 aromatic rings. The number of aldehydes is 1. The van der Waals surface area contributed by atoms with Gasteiger partial charge >= 0.3 is 0 Å². The van der Waals surface area contributed by atoms with Crippen molar-refractivity contribution in [2.75, 3.05) is 6.54 Å². The Morgan fingerprint density at radius 2 is 1.96 bits per heavy atom. The van der Waals surface area contributed by atoms with Crippen LogP contribution < -0.4 is 0 Å². The number of phenolic OH excluding ortho intramolecular Hbond substituents is 1. The molecule has 0 saturated carbocycles. The van der Waals surface area contributed by atoms with E-state index in [9.17, 15) is 14.7 Å². The van der Waals surface area contributed by atoms with Crippen molar-refractivity contribution in [3.63, 3.8) is 0 Å². The Hall–Kier alpha value is -3.55. The van der Waals surface area contributed by atoms with Gasteiger partial charge in [0.15, 0.2) is 0 Å². The van der Waals surface area contributed by atoms with E-state index in [0.29, 0.717) is 19.4 Å². The summed E-state index contributed by atoms with van der Waals surface area (Å²) < 4.78 is 1.54. The van der Waals surface area contributed by atoms with E-state index in [4.69, 9.17) is 0 Å². The van der Waals surface area contributed by atoms with Crippen LogP contribution in [0.1, 0.15) is 18.1 Å². The van der Waals surface area contributed by atoms with E-state index in [-0.39, 0.29) is 18.1 Å². The molecule has 8 heteroatoms. The van der Waals surface area contributed by atoms with Gasteiger partial charge in [-0.3, -0.25) is 4.79 Å². The molecule has 1 atom stereocenters. The topological polar surface area (TPSA) is 101 Å². The first-order valence-corrected chi connectivity index (χ1v) is 8.95. The number of aromatic nitrogens is 4. The van der Waals surface area contributed by atoms with Crippen LogP contribution in [0.3, 0.4) is 0 Å². The summed E-state index contributed by atoms with van der Waals surface area (Å²) in [5, 5.41) is 20.6. The molecule has 1 aromatic heterocycles. The highest BCUT2D eigenvalue weighted by atomic mass is 16.3. The first-order chi connectivity index (χ1) is 13.6. The minimum atomic E-state index is -0.787. The molecule has 2 aromatic carbocycles. The van der Waals surface area contributed by atoms with Gasteiger partial charge in [0.05, 0.1) is 11.6 Å². The van der Waals surface area contributed by atoms with E-state index >= 15 is 0 Å². The Labute approximate surface area is 162 Å². The van der Waals surface area contributed by atoms with E-state index in [1.165, 1.54) is 6.33 Å². The van der Waals surface area contributed by atoms with Crippen LogP contribution in [0.15, 0.2) is 54.9 Å². The fourth-order valence-electron chi connectivity index (χ4n) is 3.00. The lowest BCUT2D eigenvalue weighted by atomic mass is 9.98. The van der Waals surface area contributed by atoms with E-state index in [1.54, 1.807) is 33.8 Å². The first kappa shape index (κ1) is 19.2. The molecule has 0 aliphatic rings. The van der Waals surface area contributed by atoms with E-state index in [2.05, 4.69) is 15.5 Å². The van der Waals surface area contributed by atoms with E-state index in [0.717, 1.165) is 16.8 Å². The molecule has 1 N–H and O–H groups in total. The summed E-state index contributed by atoms with van der Waals surface area (Å²) in [6, 6.07) is 14.0. The molecule has 1 heterocycles. The van der Waals surface area contributed by atoms with Crippen molar-refractivity contribution in [1.29, 1.82) is 0 Å². The maximum atomic E-state index is 13.0. The monoisotopic (exact) mass is 379 g/mol. The Kier molecular flexibility index (Phi) is 6.11. The maximum absolute atomic E-state index is 13.0. The molecule has 0 saturated heterocycles. The minimum Gasteiger partial charge on any atom is -0.508 e. The van der Waals surface area contributed by atoms with Crippen molar-refractivity contribution in [2.45, 2.75) is 19.9 Å². The van der Waals surface area contributed by atoms with Gasteiger partial charge in [0.1, 0.15) is 18.4 Å². The predicted octanol–water partition coefficient (Wildman–Crippen LogP) is 1.77. The lowest BCUT2D eigenvalue weighted by molar-refractivity contribution is -0.138. The van der Waals surface area contributed by atoms with Crippen LogP contribution in [0.25, 0.3) is 5.69 Å². The third-order valence-corrected chi connectivity index (χ3v) is 4.52. The Morgan fingerprint density at radius 1 is 1.21 bits per heavy atom. The number of rotatable bonds is 8. The van der Waals surface area contributed by atoms with E-state index < -0.39 is 5.92 Å². The van der Waals surface area contributed by atoms with Crippen LogP contribution in [0.5, 0.6) is 5.75 Å². The van der Waals surface area contributed by atoms with Gasteiger partial charge in [-0.25, -0.2) is 4.68 Å². The van der Waals surface area contributed by atoms with Crippen LogP contribution in [-0.2, 0) is 22.6 Å². The van der Waals surface area contributed by atoms with Crippen molar-refractivity contribution >= 4 is 12.2 Å². The zero-order valence-electron chi connectivity index (χ0n) is 15.5. The molecule has 1 amide bonds. The molecule has 8 nitrogen and oxygen atoms in total. The second-order valence-corrected chi connectivity index (χ2v) is 6.35. The number of nitrogens with zero attached hydrogens (tertiary/aromatic N) is 5. The molecule has 0 aliphatic heterocycles. The number of hydrogen-bond acceptors (Lipinski definition) is 6. The van der Waals surface area contributed by atoms with Gasteiger partial charge in [-0.2, -0.15) is 0 Å². The maximum Gasteiger partial charge on any atom is 0.233 e. The quantitative estimate of drug-likeness (QED) is 0.473. The molecular formula is C20H21N5O3. The Bertz CT molecular complexity index is 925. The number of carbonyl (C=O) groups excluding carboxylic acids is 2. The molecule has 0 aliphatic carbocycles. The fraction of sp³-hybridized carbons (Fsp3) is 0.250. The summed E-state index contributed by atoms with van der Waals surface area (Å²) in [4.78, 5) is 26.2. The SMILES string of the molecule is CCN(Cc1ccccc1-n1cnnn1)C(=O)C(C=O)Cc1ccc(O)cc1. The molecule has 0 radical (unpaired) electrons. The molecule has 0 fully saturated rings. The highest BCUT2D eigenvalue weighted by Gasteiger charge is 2.24. The molecule has 144 valence electrons. The number of benzene rings is 2. The van der Waals surface area contributed by atoms with E-state index in [1.807, 2.05) is 31.2 Å². The summed E-state index contributed by atoms with van der Waals surface area (Å²) >= 11 is 0. The first-order valence-electron chi connectivity index (χ1n) is 8.95. The van der Waals surface area contributed by atoms with Gasteiger partial charge in [-0.05, 0) is 53.1 Å². The van der Waals surface area contributed by atoms with Crippen molar-refractivity contribution in [3.8, 4) is 11.4 Å². The second-order valence-electron chi connectivity index (χ2n) is 6.35. The lowest BCUT2D eigenvalue weighted by Gasteiger charge is -2.25. The van der Waals surface area contributed by atoms with Crippen LogP contribution in [0, 0.1) is 5.92 Å². The number of amides is 1. The Morgan fingerprint density at radius 3 is 2.61 bits per heavy atom. The van der Waals surface area contributed by atoms with Gasteiger partial charge in [-0.1, -0.05) is 30.3 Å². The van der Waals surface area contributed by atoms with Gasteiger partial charge in [-0.15, -0.1) is 5.10 Å². The van der Waals surface area contributed by atoms with Crippen molar-refractivity contribution in [1.82, 2.24) is 25.1 Å². The average molecular weight is 379 g/mol. The van der Waals surface area contributed by atoms with Crippen LogP contribution in [0.2, 0.25) is 0 Å². The molecule has 3 rings (SSSR count). The smallest absolute Gasteiger partial charge is 0.233 e. The van der Waals surface area contributed by atoms with Gasteiger partial charge in [0, 0.05) is 13.1 Å². The van der Waals surface area contributed by atoms with Crippen molar-refractivity contribution in [3.05, 3.63) is 66.0 Å². The summed E-state index contributed by atoms with van der Waals surface area (Å²) in [5.74, 6) is -0.881. The summed E-state index contributed by atoms with van der Waals surface area (Å²) in [6.07, 6.45) is 2.47. The third-order valence-electron chi connectivity index (χ3n) is 4.52. The zero-order valence-corrected chi connectivity index (χ0v) is 15.5. The second kappa shape index (κ2) is 8.90. The normalized spacial score (nSPS) is 11.8. The predicted molar refractivity (Wildman–Crippen MR) is 102 cm³/mol. The van der Waals surface area contributed by atoms with Crippen molar-refractivity contribution in [2.24, 2.45) is 5.92 Å². The Balaban J connectivity index is 1.78. The number of tetrazole rings is 1. The van der Waals surface area contributed by atoms with Gasteiger partial charge < -0.3 is 14.8 Å².